The lowest BCUT2D eigenvalue weighted by atomic mass is 10.4. The Balaban J connectivity index is 2.46. The Kier molecular flexibility index (Phi) is 5.33. The highest BCUT2D eigenvalue weighted by molar-refractivity contribution is 7.89. The molecular formula is C9H17N3O2S2. The molecule has 1 aromatic heterocycles. The van der Waals surface area contributed by atoms with Crippen molar-refractivity contribution in [1.29, 1.82) is 0 Å². The van der Waals surface area contributed by atoms with Crippen molar-refractivity contribution in [2.45, 2.75) is 19.9 Å². The predicted octanol–water partition coefficient (Wildman–Crippen LogP) is 0.733. The smallest absolute Gasteiger partial charge is 0.213 e. The third kappa shape index (κ3) is 4.56. The van der Waals surface area contributed by atoms with Gasteiger partial charge in [0.05, 0.1) is 11.8 Å². The minimum Gasteiger partial charge on any atom is -0.316 e. The van der Waals surface area contributed by atoms with Gasteiger partial charge in [0.2, 0.25) is 10.0 Å². The van der Waals surface area contributed by atoms with Gasteiger partial charge in [-0.2, -0.15) is 0 Å². The molecule has 0 spiro atoms. The van der Waals surface area contributed by atoms with E-state index < -0.39 is 10.0 Å². The lowest BCUT2D eigenvalue weighted by Gasteiger charge is -2.11. The molecule has 1 atom stereocenters. The molecule has 1 rings (SSSR count). The van der Waals surface area contributed by atoms with Crippen LogP contribution in [0.4, 0.5) is 0 Å². The monoisotopic (exact) mass is 263 g/mol. The van der Waals surface area contributed by atoms with Gasteiger partial charge in [-0.1, -0.05) is 6.92 Å². The molecule has 0 aliphatic heterocycles. The summed E-state index contributed by atoms with van der Waals surface area (Å²) in [5.74, 6) is 0.0938. The number of hydrogen-bond donors (Lipinski definition) is 2. The molecular weight excluding hydrogens is 246 g/mol. The van der Waals surface area contributed by atoms with Crippen molar-refractivity contribution < 1.29 is 8.42 Å². The van der Waals surface area contributed by atoms with E-state index in [4.69, 9.17) is 0 Å². The second kappa shape index (κ2) is 6.29. The van der Waals surface area contributed by atoms with Gasteiger partial charge in [-0.3, -0.25) is 0 Å². The van der Waals surface area contributed by atoms with Crippen LogP contribution in [0.5, 0.6) is 0 Å². The van der Waals surface area contributed by atoms with Gasteiger partial charge in [0.1, 0.15) is 5.01 Å². The predicted molar refractivity (Wildman–Crippen MR) is 66.0 cm³/mol. The molecule has 0 saturated carbocycles. The van der Waals surface area contributed by atoms with Crippen molar-refractivity contribution >= 4 is 21.4 Å². The van der Waals surface area contributed by atoms with Crippen LogP contribution in [-0.2, 0) is 10.0 Å². The normalized spacial score (nSPS) is 13.9. The summed E-state index contributed by atoms with van der Waals surface area (Å²) >= 11 is 1.45. The van der Waals surface area contributed by atoms with E-state index in [1.807, 2.05) is 12.3 Å². The lowest BCUT2D eigenvalue weighted by Crippen LogP contribution is -2.33. The van der Waals surface area contributed by atoms with Crippen molar-refractivity contribution in [3.05, 3.63) is 16.6 Å². The van der Waals surface area contributed by atoms with Gasteiger partial charge in [0.25, 0.3) is 0 Å². The number of hydrogen-bond acceptors (Lipinski definition) is 5. The van der Waals surface area contributed by atoms with E-state index in [0.717, 1.165) is 11.6 Å². The first-order valence-corrected chi connectivity index (χ1v) is 7.68. The SMILES string of the molecule is CCNCCS(=O)(=O)NC(C)c1nccs1. The Morgan fingerprint density at radius 2 is 2.31 bits per heavy atom. The molecule has 2 N–H and O–H groups in total. The maximum atomic E-state index is 11.6. The number of thiazole rings is 1. The second-order valence-corrected chi connectivity index (χ2v) is 6.18. The maximum Gasteiger partial charge on any atom is 0.213 e. The van der Waals surface area contributed by atoms with E-state index in [1.54, 1.807) is 13.1 Å². The van der Waals surface area contributed by atoms with Crippen LogP contribution in [-0.4, -0.2) is 32.2 Å². The van der Waals surface area contributed by atoms with E-state index in [2.05, 4.69) is 15.0 Å². The molecule has 1 unspecified atom stereocenters. The third-order valence-electron chi connectivity index (χ3n) is 1.98. The number of nitrogens with one attached hydrogen (secondary N) is 2. The van der Waals surface area contributed by atoms with Gasteiger partial charge < -0.3 is 5.32 Å². The lowest BCUT2D eigenvalue weighted by molar-refractivity contribution is 0.563. The molecule has 0 amide bonds. The molecule has 0 aliphatic carbocycles. The molecule has 1 aromatic rings. The first-order chi connectivity index (χ1) is 7.55. The molecule has 7 heteroatoms. The Morgan fingerprint density at radius 1 is 1.56 bits per heavy atom. The molecule has 0 aromatic carbocycles. The molecule has 92 valence electrons. The average Bonchev–Trinajstić information content (AvgIpc) is 2.69. The molecule has 0 saturated heterocycles. The van der Waals surface area contributed by atoms with Crippen molar-refractivity contribution in [2.75, 3.05) is 18.8 Å². The quantitative estimate of drug-likeness (QED) is 0.712. The number of sulfonamides is 1. The highest BCUT2D eigenvalue weighted by Gasteiger charge is 2.16. The molecule has 0 fully saturated rings. The summed E-state index contributed by atoms with van der Waals surface area (Å²) in [5.41, 5.74) is 0. The van der Waals surface area contributed by atoms with Crippen LogP contribution in [0.15, 0.2) is 11.6 Å². The molecule has 0 bridgehead atoms. The second-order valence-electron chi connectivity index (χ2n) is 3.38. The van der Waals surface area contributed by atoms with Crippen LogP contribution in [0, 0.1) is 0 Å². The highest BCUT2D eigenvalue weighted by Crippen LogP contribution is 2.15. The summed E-state index contributed by atoms with van der Waals surface area (Å²) in [6, 6.07) is -0.258. The average molecular weight is 263 g/mol. The standard InChI is InChI=1S/C9H17N3O2S2/c1-3-10-5-7-16(13,14)12-8(2)9-11-4-6-15-9/h4,6,8,10,12H,3,5,7H2,1-2H3. The van der Waals surface area contributed by atoms with E-state index in [0.29, 0.717) is 6.54 Å². The number of nitrogens with zero attached hydrogens (tertiary/aromatic N) is 1. The first-order valence-electron chi connectivity index (χ1n) is 5.15. The summed E-state index contributed by atoms with van der Waals surface area (Å²) in [4.78, 5) is 4.07. The molecule has 0 radical (unpaired) electrons. The van der Waals surface area contributed by atoms with Crippen molar-refractivity contribution in [3.63, 3.8) is 0 Å². The molecule has 16 heavy (non-hydrogen) atoms. The maximum absolute atomic E-state index is 11.6. The van der Waals surface area contributed by atoms with Gasteiger partial charge in [-0.05, 0) is 13.5 Å². The summed E-state index contributed by atoms with van der Waals surface area (Å²) in [7, 11) is -3.22. The van der Waals surface area contributed by atoms with Crippen LogP contribution in [0.1, 0.15) is 24.9 Å². The van der Waals surface area contributed by atoms with Gasteiger partial charge >= 0.3 is 0 Å². The zero-order valence-corrected chi connectivity index (χ0v) is 11.1. The minimum absolute atomic E-state index is 0.0938. The van der Waals surface area contributed by atoms with E-state index in [9.17, 15) is 8.42 Å². The first kappa shape index (κ1) is 13.6. The summed E-state index contributed by atoms with van der Waals surface area (Å²) < 4.78 is 25.9. The van der Waals surface area contributed by atoms with Crippen LogP contribution in [0.25, 0.3) is 0 Å². The molecule has 5 nitrogen and oxygen atoms in total. The number of rotatable bonds is 7. The fourth-order valence-corrected chi connectivity index (χ4v) is 3.11. The fraction of sp³-hybridized carbons (Fsp3) is 0.667. The topological polar surface area (TPSA) is 71.1 Å². The van der Waals surface area contributed by atoms with Crippen LogP contribution >= 0.6 is 11.3 Å². The number of aromatic nitrogens is 1. The minimum atomic E-state index is -3.22. The van der Waals surface area contributed by atoms with Gasteiger partial charge in [0.15, 0.2) is 0 Å². The van der Waals surface area contributed by atoms with E-state index in [1.165, 1.54) is 11.3 Å². The largest absolute Gasteiger partial charge is 0.316 e. The Morgan fingerprint density at radius 3 is 2.88 bits per heavy atom. The van der Waals surface area contributed by atoms with E-state index in [-0.39, 0.29) is 11.8 Å². The highest BCUT2D eigenvalue weighted by atomic mass is 32.2. The van der Waals surface area contributed by atoms with Gasteiger partial charge in [-0.25, -0.2) is 18.1 Å². The van der Waals surface area contributed by atoms with Gasteiger partial charge in [-0.15, -0.1) is 11.3 Å². The Labute approximate surface area is 100 Å². The third-order valence-corrected chi connectivity index (χ3v) is 4.39. The van der Waals surface area contributed by atoms with Crippen LogP contribution < -0.4 is 10.0 Å². The zero-order valence-electron chi connectivity index (χ0n) is 9.43. The summed E-state index contributed by atoms with van der Waals surface area (Å²) in [5, 5.41) is 5.60. The van der Waals surface area contributed by atoms with Gasteiger partial charge in [0, 0.05) is 18.1 Å². The Bertz CT molecular complexity index is 389. The summed E-state index contributed by atoms with van der Waals surface area (Å²) in [6.45, 7) is 4.98. The molecule has 0 aliphatic rings. The molecule has 1 heterocycles. The zero-order chi connectivity index (χ0) is 12.0. The van der Waals surface area contributed by atoms with Crippen LogP contribution in [0.3, 0.4) is 0 Å². The van der Waals surface area contributed by atoms with Crippen LogP contribution in [0.2, 0.25) is 0 Å². The fourth-order valence-electron chi connectivity index (χ4n) is 1.21. The van der Waals surface area contributed by atoms with E-state index >= 15 is 0 Å². The van der Waals surface area contributed by atoms with Crippen molar-refractivity contribution in [2.24, 2.45) is 0 Å². The van der Waals surface area contributed by atoms with Crippen molar-refractivity contribution in [3.8, 4) is 0 Å². The van der Waals surface area contributed by atoms with Crippen molar-refractivity contribution in [1.82, 2.24) is 15.0 Å². The Hall–Kier alpha value is -0.500. The summed E-state index contributed by atoms with van der Waals surface area (Å²) in [6.07, 6.45) is 1.67.